The van der Waals surface area contributed by atoms with Gasteiger partial charge in [0.05, 0.1) is 6.54 Å². The molecule has 0 aliphatic heterocycles. The van der Waals surface area contributed by atoms with Crippen molar-refractivity contribution in [2.24, 2.45) is 5.73 Å². The Morgan fingerprint density at radius 3 is 2.18 bits per heavy atom. The molecule has 0 aromatic rings. The summed E-state index contributed by atoms with van der Waals surface area (Å²) in [5.41, 5.74) is 4.85. The van der Waals surface area contributed by atoms with Crippen molar-refractivity contribution in [2.45, 2.75) is 0 Å². The third kappa shape index (κ3) is 12.9. The quantitative estimate of drug-likeness (QED) is 0.387. The molecule has 0 aromatic heterocycles. The van der Waals surface area contributed by atoms with E-state index >= 15 is 0 Å². The molecular weight excluding hydrogens is 163 g/mol. The van der Waals surface area contributed by atoms with Crippen LogP contribution in [0.15, 0.2) is 0 Å². The van der Waals surface area contributed by atoms with Crippen LogP contribution >= 0.6 is 0 Å². The van der Waals surface area contributed by atoms with E-state index in [0.717, 1.165) is 0 Å². The Bertz CT molecular complexity index is 129. The van der Waals surface area contributed by atoms with E-state index in [4.69, 9.17) is 10.8 Å². The maximum absolute atomic E-state index is 10.2. The van der Waals surface area contributed by atoms with Crippen molar-refractivity contribution in [1.29, 1.82) is 0 Å². The predicted molar refractivity (Wildman–Crippen MR) is 40.5 cm³/mol. The van der Waals surface area contributed by atoms with E-state index in [1.54, 1.807) is 0 Å². The zero-order chi connectivity index (χ0) is 7.28. The van der Waals surface area contributed by atoms with E-state index in [-0.39, 0.29) is 48.1 Å². The summed E-state index contributed by atoms with van der Waals surface area (Å²) in [6.07, 6.45) is 0. The SMILES string of the molecule is NCC(=O)NCC(=O)O.O.[NaH]. The number of rotatable bonds is 3. The molecule has 0 unspecified atom stereocenters. The molecule has 6 N–H and O–H groups in total. The second-order valence-electron chi connectivity index (χ2n) is 1.37. The average Bonchev–Trinajstić information content (AvgIpc) is 1.83. The number of carbonyl (C=O) groups is 2. The van der Waals surface area contributed by atoms with Gasteiger partial charge < -0.3 is 21.6 Å². The standard InChI is InChI=1S/C4H8N2O3.Na.H2O.H/c5-1-3(7)6-2-4(8)9;;;/h1-2,5H2,(H,6,7)(H,8,9);;1H2;. The molecule has 0 fully saturated rings. The van der Waals surface area contributed by atoms with Crippen molar-refractivity contribution in [3.05, 3.63) is 0 Å². The van der Waals surface area contributed by atoms with Crippen LogP contribution < -0.4 is 11.1 Å². The van der Waals surface area contributed by atoms with Crippen LogP contribution in [0.4, 0.5) is 0 Å². The fourth-order valence-corrected chi connectivity index (χ4v) is 0.246. The summed E-state index contributed by atoms with van der Waals surface area (Å²) < 4.78 is 0. The van der Waals surface area contributed by atoms with Crippen molar-refractivity contribution in [2.75, 3.05) is 13.1 Å². The van der Waals surface area contributed by atoms with Gasteiger partial charge in [-0.1, -0.05) is 0 Å². The number of carboxylic acids is 1. The summed E-state index contributed by atoms with van der Waals surface area (Å²) in [6, 6.07) is 0. The molecule has 0 atom stereocenters. The fourth-order valence-electron chi connectivity index (χ4n) is 0.246. The van der Waals surface area contributed by atoms with E-state index in [9.17, 15) is 9.59 Å². The molecule has 0 saturated carbocycles. The molecule has 0 bridgehead atoms. The second-order valence-corrected chi connectivity index (χ2v) is 1.37. The first-order valence-corrected chi connectivity index (χ1v) is 2.35. The molecule has 1 amide bonds. The zero-order valence-corrected chi connectivity index (χ0v) is 5.26. The van der Waals surface area contributed by atoms with Crippen LogP contribution in [0.1, 0.15) is 0 Å². The zero-order valence-electron chi connectivity index (χ0n) is 5.26. The summed E-state index contributed by atoms with van der Waals surface area (Å²) in [6.45, 7) is -0.538. The predicted octanol–water partition coefficient (Wildman–Crippen LogP) is -3.33. The Morgan fingerprint density at radius 2 is 1.91 bits per heavy atom. The monoisotopic (exact) mass is 174 g/mol. The van der Waals surface area contributed by atoms with Crippen molar-refractivity contribution in [3.8, 4) is 0 Å². The molecule has 0 spiro atoms. The van der Waals surface area contributed by atoms with Gasteiger partial charge in [0, 0.05) is 0 Å². The third-order valence-corrected chi connectivity index (χ3v) is 0.622. The molecule has 0 aromatic carbocycles. The van der Waals surface area contributed by atoms with Gasteiger partial charge in [-0.2, -0.15) is 0 Å². The summed E-state index contributed by atoms with van der Waals surface area (Å²) in [5, 5.41) is 10.1. The number of amides is 1. The summed E-state index contributed by atoms with van der Waals surface area (Å²) in [5.74, 6) is -1.53. The van der Waals surface area contributed by atoms with E-state index in [1.165, 1.54) is 0 Å². The van der Waals surface area contributed by atoms with Crippen molar-refractivity contribution < 1.29 is 20.2 Å². The number of hydrogen-bond donors (Lipinski definition) is 3. The molecule has 0 heterocycles. The maximum atomic E-state index is 10.2. The van der Waals surface area contributed by atoms with Crippen LogP contribution in [0.2, 0.25) is 0 Å². The van der Waals surface area contributed by atoms with Crippen LogP contribution in [0.3, 0.4) is 0 Å². The van der Waals surface area contributed by atoms with Gasteiger partial charge in [0.15, 0.2) is 0 Å². The van der Waals surface area contributed by atoms with Gasteiger partial charge in [0.25, 0.3) is 0 Å². The van der Waals surface area contributed by atoms with Gasteiger partial charge in [-0.25, -0.2) is 0 Å². The Kier molecular flexibility index (Phi) is 15.3. The Hall–Kier alpha value is -0.140. The molecule has 0 rings (SSSR count). The minimum atomic E-state index is -1.07. The normalized spacial score (nSPS) is 7.00. The first kappa shape index (κ1) is 17.1. The number of carboxylic acid groups (broad SMARTS) is 1. The Labute approximate surface area is 85.7 Å². The van der Waals surface area contributed by atoms with Gasteiger partial charge in [0.1, 0.15) is 6.54 Å². The molecule has 0 saturated heterocycles. The van der Waals surface area contributed by atoms with Crippen molar-refractivity contribution in [1.82, 2.24) is 5.32 Å². The van der Waals surface area contributed by atoms with Crippen LogP contribution in [0.25, 0.3) is 0 Å². The molecule has 62 valence electrons. The first-order chi connectivity index (χ1) is 4.16. The van der Waals surface area contributed by atoms with E-state index in [1.807, 2.05) is 0 Å². The second kappa shape index (κ2) is 9.86. The van der Waals surface area contributed by atoms with Gasteiger partial charge in [-0.15, -0.1) is 0 Å². The molecule has 6 nitrogen and oxygen atoms in total. The Morgan fingerprint density at radius 1 is 1.45 bits per heavy atom. The minimum absolute atomic E-state index is 0. The molecule has 0 aliphatic carbocycles. The molecule has 11 heavy (non-hydrogen) atoms. The van der Waals surface area contributed by atoms with E-state index in [0.29, 0.717) is 0 Å². The van der Waals surface area contributed by atoms with Gasteiger partial charge in [0.2, 0.25) is 5.91 Å². The van der Waals surface area contributed by atoms with Crippen LogP contribution in [0.5, 0.6) is 0 Å². The average molecular weight is 174 g/mol. The van der Waals surface area contributed by atoms with Crippen LogP contribution in [-0.4, -0.2) is 65.1 Å². The van der Waals surface area contributed by atoms with Crippen LogP contribution in [0, 0.1) is 0 Å². The van der Waals surface area contributed by atoms with E-state index < -0.39 is 11.9 Å². The van der Waals surface area contributed by atoms with Crippen molar-refractivity contribution >= 4 is 41.4 Å². The summed E-state index contributed by atoms with van der Waals surface area (Å²) in [4.78, 5) is 20.0. The number of nitrogens with one attached hydrogen (secondary N) is 1. The number of carbonyl (C=O) groups excluding carboxylic acids is 1. The molecular formula is C4H11N2NaO4. The topological polar surface area (TPSA) is 124 Å². The van der Waals surface area contributed by atoms with Gasteiger partial charge in [-0.05, 0) is 0 Å². The first-order valence-electron chi connectivity index (χ1n) is 2.35. The van der Waals surface area contributed by atoms with Crippen LogP contribution in [-0.2, 0) is 9.59 Å². The molecule has 7 heteroatoms. The number of hydrogen-bond acceptors (Lipinski definition) is 3. The van der Waals surface area contributed by atoms with Gasteiger partial charge in [-0.3, -0.25) is 9.59 Å². The fraction of sp³-hybridized carbons (Fsp3) is 0.500. The van der Waals surface area contributed by atoms with Crippen molar-refractivity contribution in [3.63, 3.8) is 0 Å². The number of aliphatic carboxylic acids is 1. The third-order valence-electron chi connectivity index (χ3n) is 0.622. The van der Waals surface area contributed by atoms with Gasteiger partial charge >= 0.3 is 35.5 Å². The summed E-state index contributed by atoms with van der Waals surface area (Å²) in [7, 11) is 0. The molecule has 0 aliphatic rings. The van der Waals surface area contributed by atoms with E-state index in [2.05, 4.69) is 5.32 Å². The Balaban J connectivity index is -0.000000320. The number of nitrogens with two attached hydrogens (primary N) is 1. The summed E-state index contributed by atoms with van der Waals surface area (Å²) >= 11 is 0. The molecule has 0 radical (unpaired) electrons.